The minimum absolute atomic E-state index is 0.000223. The van der Waals surface area contributed by atoms with Gasteiger partial charge >= 0.3 is 0 Å². The maximum absolute atomic E-state index is 12.6. The highest BCUT2D eigenvalue weighted by Gasteiger charge is 2.39. The first kappa shape index (κ1) is 37.4. The highest BCUT2D eigenvalue weighted by molar-refractivity contribution is 6.02. The second kappa shape index (κ2) is 18.9. The number of nitriles is 1. The number of hydrogen-bond acceptors (Lipinski definition) is 10. The molecule has 5 unspecified atom stereocenters. The molecule has 1 aromatic heterocycles. The van der Waals surface area contributed by atoms with Crippen LogP contribution >= 0.6 is 0 Å². The van der Waals surface area contributed by atoms with E-state index in [4.69, 9.17) is 23.7 Å². The van der Waals surface area contributed by atoms with Gasteiger partial charge in [-0.15, -0.1) is 5.10 Å². The average Bonchev–Trinajstić information content (AvgIpc) is 3.59. The number of aromatic nitrogens is 3. The SMILES string of the molecule is COC1OC(Cn2cc(COCCOCCOCCNC(=O)/C(C#N)=C/c3ccc4cc(N5CCCCC5)ccc4c3)nn2)C(C)C(C)C1C. The van der Waals surface area contributed by atoms with E-state index in [1.165, 1.54) is 24.9 Å². The fourth-order valence-electron chi connectivity index (χ4n) is 6.60. The lowest BCUT2D eigenvalue weighted by molar-refractivity contribution is -0.240. The van der Waals surface area contributed by atoms with E-state index in [9.17, 15) is 10.1 Å². The van der Waals surface area contributed by atoms with Gasteiger partial charge in [0.2, 0.25) is 0 Å². The Kier molecular flexibility index (Phi) is 14.2. The third-order valence-corrected chi connectivity index (χ3v) is 9.94. The number of fused-ring (bicyclic) bond motifs is 1. The molecule has 2 saturated heterocycles. The molecule has 0 aliphatic carbocycles. The lowest BCUT2D eigenvalue weighted by Gasteiger charge is -2.42. The number of ether oxygens (including phenoxy) is 5. The predicted molar refractivity (Wildman–Crippen MR) is 191 cm³/mol. The molecule has 2 aromatic carbocycles. The van der Waals surface area contributed by atoms with E-state index in [2.05, 4.69) is 59.5 Å². The number of benzene rings is 2. The van der Waals surface area contributed by atoms with Crippen molar-refractivity contribution in [1.82, 2.24) is 20.3 Å². The van der Waals surface area contributed by atoms with Crippen LogP contribution < -0.4 is 10.2 Å². The number of rotatable bonds is 17. The third-order valence-electron chi connectivity index (χ3n) is 9.94. The Hall–Kier alpha value is -3.86. The topological polar surface area (TPSA) is 133 Å². The van der Waals surface area contributed by atoms with E-state index in [-0.39, 0.29) is 24.5 Å². The van der Waals surface area contributed by atoms with Crippen molar-refractivity contribution in [2.45, 2.75) is 65.6 Å². The molecule has 5 rings (SSSR count). The maximum Gasteiger partial charge on any atom is 0.262 e. The summed E-state index contributed by atoms with van der Waals surface area (Å²) >= 11 is 0. The van der Waals surface area contributed by atoms with Gasteiger partial charge in [-0.3, -0.25) is 4.79 Å². The highest BCUT2D eigenvalue weighted by atomic mass is 16.7. The summed E-state index contributed by atoms with van der Waals surface area (Å²) in [6.07, 6.45) is 7.07. The van der Waals surface area contributed by atoms with Crippen LogP contribution in [0.25, 0.3) is 16.8 Å². The monoisotopic (exact) mass is 688 g/mol. The van der Waals surface area contributed by atoms with Gasteiger partial charge in [-0.25, -0.2) is 4.68 Å². The van der Waals surface area contributed by atoms with Gasteiger partial charge in [0.25, 0.3) is 5.91 Å². The van der Waals surface area contributed by atoms with Crippen LogP contribution in [0.5, 0.6) is 0 Å². The van der Waals surface area contributed by atoms with Crippen LogP contribution in [-0.2, 0) is 41.6 Å². The van der Waals surface area contributed by atoms with Gasteiger partial charge in [0, 0.05) is 38.3 Å². The van der Waals surface area contributed by atoms with Crippen molar-refractivity contribution in [2.24, 2.45) is 17.8 Å². The second-order valence-electron chi connectivity index (χ2n) is 13.3. The van der Waals surface area contributed by atoms with Gasteiger partial charge in [-0.1, -0.05) is 44.2 Å². The van der Waals surface area contributed by atoms with Crippen LogP contribution in [0.4, 0.5) is 5.69 Å². The maximum atomic E-state index is 12.6. The molecular weight excluding hydrogens is 636 g/mol. The summed E-state index contributed by atoms with van der Waals surface area (Å²) in [6, 6.07) is 14.5. The van der Waals surface area contributed by atoms with Crippen LogP contribution in [0.2, 0.25) is 0 Å². The highest BCUT2D eigenvalue weighted by Crippen LogP contribution is 2.35. The Morgan fingerprint density at radius 1 is 0.960 bits per heavy atom. The Morgan fingerprint density at radius 3 is 2.44 bits per heavy atom. The van der Waals surface area contributed by atoms with Crippen LogP contribution in [-0.4, -0.2) is 93.1 Å². The number of amides is 1. The van der Waals surface area contributed by atoms with Crippen molar-refractivity contribution in [2.75, 3.05) is 64.7 Å². The van der Waals surface area contributed by atoms with Gasteiger partial charge < -0.3 is 33.9 Å². The molecule has 1 amide bonds. The van der Waals surface area contributed by atoms with Crippen LogP contribution in [0.15, 0.2) is 48.2 Å². The molecule has 50 heavy (non-hydrogen) atoms. The molecule has 1 N–H and O–H groups in total. The Labute approximate surface area is 295 Å². The third kappa shape index (κ3) is 10.3. The Balaban J connectivity index is 0.920. The summed E-state index contributed by atoms with van der Waals surface area (Å²) in [5, 5.41) is 23.1. The molecule has 3 aromatic rings. The van der Waals surface area contributed by atoms with Gasteiger partial charge in [0.1, 0.15) is 17.3 Å². The molecule has 0 saturated carbocycles. The lowest BCUT2D eigenvalue weighted by atomic mass is 9.79. The summed E-state index contributed by atoms with van der Waals surface area (Å²) in [5.74, 6) is 0.756. The first-order valence-corrected chi connectivity index (χ1v) is 17.9. The molecule has 3 heterocycles. The first-order valence-electron chi connectivity index (χ1n) is 17.9. The number of anilines is 1. The summed E-state index contributed by atoms with van der Waals surface area (Å²) in [7, 11) is 1.69. The molecule has 270 valence electrons. The quantitative estimate of drug-likeness (QED) is 0.118. The van der Waals surface area contributed by atoms with Crippen molar-refractivity contribution >= 4 is 28.4 Å². The smallest absolute Gasteiger partial charge is 0.262 e. The van der Waals surface area contributed by atoms with E-state index >= 15 is 0 Å². The molecule has 2 aliphatic heterocycles. The first-order chi connectivity index (χ1) is 24.4. The molecule has 2 fully saturated rings. The van der Waals surface area contributed by atoms with Crippen molar-refractivity contribution in [1.29, 1.82) is 5.26 Å². The number of methoxy groups -OCH3 is 1. The largest absolute Gasteiger partial charge is 0.377 e. The van der Waals surface area contributed by atoms with Crippen LogP contribution in [0.3, 0.4) is 0 Å². The van der Waals surface area contributed by atoms with E-state index in [0.717, 1.165) is 35.1 Å². The van der Waals surface area contributed by atoms with Gasteiger partial charge in [0.15, 0.2) is 6.29 Å². The molecular formula is C38H52N6O6. The van der Waals surface area contributed by atoms with Crippen molar-refractivity contribution in [3.63, 3.8) is 0 Å². The molecule has 0 radical (unpaired) electrons. The number of carbonyl (C=O) groups is 1. The second-order valence-corrected chi connectivity index (χ2v) is 13.3. The fraction of sp³-hybridized carbons (Fsp3) is 0.579. The zero-order valence-electron chi connectivity index (χ0n) is 29.9. The standard InChI is InChI=1S/C38H52N6O6/c1-27-28(2)36(50-38(46-4)29(27)3)25-44-24-34(41-42-44)26-49-19-18-48-17-16-47-15-12-40-37(45)33(23-39)21-30-8-9-32-22-35(11-10-31(32)20-30)43-13-6-5-7-14-43/h8-11,20-22,24,27-29,36,38H,5-7,12-19,25-26H2,1-4H3,(H,40,45)/b33-21+. The molecule has 2 aliphatic rings. The average molecular weight is 689 g/mol. The van der Waals surface area contributed by atoms with E-state index in [1.807, 2.05) is 30.5 Å². The van der Waals surface area contributed by atoms with Crippen molar-refractivity contribution < 1.29 is 28.5 Å². The minimum Gasteiger partial charge on any atom is -0.377 e. The van der Waals surface area contributed by atoms with E-state index in [0.29, 0.717) is 63.9 Å². The van der Waals surface area contributed by atoms with Crippen molar-refractivity contribution in [3.05, 3.63) is 59.4 Å². The Bertz CT molecular complexity index is 1600. The molecule has 5 atom stereocenters. The van der Waals surface area contributed by atoms with Gasteiger partial charge in [0.05, 0.1) is 58.5 Å². The van der Waals surface area contributed by atoms with Gasteiger partial charge in [-0.05, 0) is 71.7 Å². The van der Waals surface area contributed by atoms with Gasteiger partial charge in [-0.2, -0.15) is 5.26 Å². The lowest BCUT2D eigenvalue weighted by Crippen LogP contribution is -2.47. The minimum atomic E-state index is -0.425. The molecule has 12 heteroatoms. The normalized spacial score (nSPS) is 22.8. The number of hydrogen-bond donors (Lipinski definition) is 1. The molecule has 12 nitrogen and oxygen atoms in total. The molecule has 0 spiro atoms. The fourth-order valence-corrected chi connectivity index (χ4v) is 6.60. The predicted octanol–water partition coefficient (Wildman–Crippen LogP) is 4.97. The summed E-state index contributed by atoms with van der Waals surface area (Å²) in [5.41, 5.74) is 2.86. The van der Waals surface area contributed by atoms with E-state index < -0.39 is 5.91 Å². The van der Waals surface area contributed by atoms with Crippen molar-refractivity contribution in [3.8, 4) is 6.07 Å². The van der Waals surface area contributed by atoms with Crippen LogP contribution in [0.1, 0.15) is 51.3 Å². The summed E-state index contributed by atoms with van der Waals surface area (Å²) < 4.78 is 30.4. The number of carbonyl (C=O) groups excluding carboxylic acids is 1. The van der Waals surface area contributed by atoms with E-state index in [1.54, 1.807) is 17.9 Å². The molecule has 0 bridgehead atoms. The number of piperidine rings is 1. The Morgan fingerprint density at radius 2 is 1.68 bits per heavy atom. The summed E-state index contributed by atoms with van der Waals surface area (Å²) in [4.78, 5) is 15.1. The number of nitrogens with one attached hydrogen (secondary N) is 1. The summed E-state index contributed by atoms with van der Waals surface area (Å²) in [6.45, 7) is 12.0. The zero-order chi connectivity index (χ0) is 35.3. The number of nitrogens with zero attached hydrogens (tertiary/aromatic N) is 5. The van der Waals surface area contributed by atoms with Crippen LogP contribution in [0, 0.1) is 29.1 Å². The zero-order valence-corrected chi connectivity index (χ0v) is 29.9.